The van der Waals surface area contributed by atoms with Gasteiger partial charge < -0.3 is 21.9 Å². The lowest BCUT2D eigenvalue weighted by Crippen LogP contribution is -2.29. The van der Waals surface area contributed by atoms with Gasteiger partial charge in [0, 0.05) is 12.8 Å². The van der Waals surface area contributed by atoms with Crippen molar-refractivity contribution in [3.63, 3.8) is 0 Å². The van der Waals surface area contributed by atoms with Crippen LogP contribution in [0.4, 0.5) is 0 Å². The van der Waals surface area contributed by atoms with Gasteiger partial charge >= 0.3 is 5.97 Å². The number of carbonyl (C=O) groups is 3. The van der Waals surface area contributed by atoms with Gasteiger partial charge in [-0.2, -0.15) is 0 Å². The summed E-state index contributed by atoms with van der Waals surface area (Å²) in [5.41, 5.74) is 9.58. The van der Waals surface area contributed by atoms with Crippen LogP contribution in [0.25, 0.3) is 0 Å². The molecule has 7 nitrogen and oxygen atoms in total. The Morgan fingerprint density at radius 2 is 1.71 bits per heavy atom. The second kappa shape index (κ2) is 8.51. The molecule has 0 saturated carbocycles. The summed E-state index contributed by atoms with van der Waals surface area (Å²) in [6.07, 6.45) is 2.73. The zero-order chi connectivity index (χ0) is 13.3. The average Bonchev–Trinajstić information content (AvgIpc) is 2.69. The maximum Gasteiger partial charge on any atom is 0.320 e. The van der Waals surface area contributed by atoms with Crippen LogP contribution in [0.3, 0.4) is 0 Å². The zero-order valence-electron chi connectivity index (χ0n) is 9.65. The summed E-state index contributed by atoms with van der Waals surface area (Å²) < 4.78 is 0. The summed E-state index contributed by atoms with van der Waals surface area (Å²) in [6, 6.07) is -0.269. The highest BCUT2D eigenvalue weighted by molar-refractivity contribution is 5.76. The number of nitrogens with one attached hydrogen (secondary N) is 1. The molecule has 1 saturated heterocycles. The van der Waals surface area contributed by atoms with E-state index in [0.29, 0.717) is 6.42 Å². The molecule has 0 radical (unpaired) electrons. The van der Waals surface area contributed by atoms with E-state index in [1.54, 1.807) is 0 Å². The predicted octanol–water partition coefficient (Wildman–Crippen LogP) is -1.05. The van der Waals surface area contributed by atoms with Crippen LogP contribution in [-0.4, -0.2) is 35.5 Å². The molecule has 0 aliphatic carbocycles. The maximum absolute atomic E-state index is 10.1. The molecule has 1 aliphatic rings. The number of primary amides is 2. The van der Waals surface area contributed by atoms with Gasteiger partial charge in [0.05, 0.1) is 0 Å². The molecule has 17 heavy (non-hydrogen) atoms. The van der Waals surface area contributed by atoms with Crippen LogP contribution >= 0.6 is 0 Å². The fraction of sp³-hybridized carbons (Fsp3) is 0.700. The number of carboxylic acid groups (broad SMARTS) is 1. The highest BCUT2D eigenvalue weighted by atomic mass is 16.4. The van der Waals surface area contributed by atoms with Crippen molar-refractivity contribution in [2.45, 2.75) is 38.1 Å². The Bertz CT molecular complexity index is 261. The molecule has 98 valence electrons. The molecule has 0 aromatic carbocycles. The van der Waals surface area contributed by atoms with Crippen LogP contribution in [0, 0.1) is 0 Å². The second-order valence-corrected chi connectivity index (χ2v) is 3.77. The monoisotopic (exact) mass is 245 g/mol. The highest BCUT2D eigenvalue weighted by Gasteiger charge is 2.20. The number of aliphatic carboxylic acids is 1. The summed E-state index contributed by atoms with van der Waals surface area (Å²) in [7, 11) is 0. The minimum absolute atomic E-state index is 0.239. The highest BCUT2D eigenvalue weighted by Crippen LogP contribution is 2.03. The van der Waals surface area contributed by atoms with Crippen molar-refractivity contribution in [3.05, 3.63) is 0 Å². The minimum Gasteiger partial charge on any atom is -0.480 e. The van der Waals surface area contributed by atoms with Crippen LogP contribution in [0.15, 0.2) is 0 Å². The Morgan fingerprint density at radius 3 is 1.94 bits per heavy atom. The Morgan fingerprint density at radius 1 is 1.18 bits per heavy atom. The topological polar surface area (TPSA) is 136 Å². The molecular weight excluding hydrogens is 226 g/mol. The minimum atomic E-state index is -0.720. The van der Waals surface area contributed by atoms with Crippen molar-refractivity contribution in [1.82, 2.24) is 5.32 Å². The molecule has 1 rings (SSSR count). The molecule has 0 aromatic rings. The van der Waals surface area contributed by atoms with Crippen molar-refractivity contribution in [1.29, 1.82) is 0 Å². The third kappa shape index (κ3) is 9.31. The molecule has 1 aliphatic heterocycles. The predicted molar refractivity (Wildman–Crippen MR) is 60.9 cm³/mol. The van der Waals surface area contributed by atoms with Crippen LogP contribution < -0.4 is 16.8 Å². The van der Waals surface area contributed by atoms with Gasteiger partial charge in [-0.15, -0.1) is 0 Å². The number of carboxylic acids is 1. The van der Waals surface area contributed by atoms with E-state index in [-0.39, 0.29) is 18.9 Å². The largest absolute Gasteiger partial charge is 0.480 e. The summed E-state index contributed by atoms with van der Waals surface area (Å²) in [4.78, 5) is 30.2. The van der Waals surface area contributed by atoms with E-state index in [9.17, 15) is 14.4 Å². The van der Waals surface area contributed by atoms with Gasteiger partial charge in [-0.3, -0.25) is 14.4 Å². The zero-order valence-corrected chi connectivity index (χ0v) is 9.65. The summed E-state index contributed by atoms with van der Waals surface area (Å²) in [6.45, 7) is 0.858. The van der Waals surface area contributed by atoms with Crippen molar-refractivity contribution < 1.29 is 19.5 Å². The number of carbonyl (C=O) groups excluding carboxylic acids is 2. The van der Waals surface area contributed by atoms with Gasteiger partial charge in [-0.25, -0.2) is 0 Å². The molecule has 0 aromatic heterocycles. The second-order valence-electron chi connectivity index (χ2n) is 3.77. The van der Waals surface area contributed by atoms with E-state index in [1.165, 1.54) is 0 Å². The molecule has 1 fully saturated rings. The van der Waals surface area contributed by atoms with Crippen molar-refractivity contribution in [2.24, 2.45) is 11.5 Å². The van der Waals surface area contributed by atoms with E-state index in [1.807, 2.05) is 0 Å². The van der Waals surface area contributed by atoms with E-state index in [0.717, 1.165) is 19.4 Å². The number of hydrogen-bond acceptors (Lipinski definition) is 4. The third-order valence-corrected chi connectivity index (χ3v) is 2.20. The van der Waals surface area contributed by atoms with E-state index < -0.39 is 17.8 Å². The van der Waals surface area contributed by atoms with E-state index in [2.05, 4.69) is 5.32 Å². The third-order valence-electron chi connectivity index (χ3n) is 2.20. The lowest BCUT2D eigenvalue weighted by molar-refractivity contribution is -0.139. The van der Waals surface area contributed by atoms with Crippen LogP contribution in [-0.2, 0) is 14.4 Å². The molecule has 2 amide bonds. The molecule has 0 bridgehead atoms. The first-order valence-corrected chi connectivity index (χ1v) is 5.46. The quantitative estimate of drug-likeness (QED) is 0.490. The van der Waals surface area contributed by atoms with Crippen molar-refractivity contribution >= 4 is 17.8 Å². The van der Waals surface area contributed by atoms with Gasteiger partial charge in [0.2, 0.25) is 11.8 Å². The van der Waals surface area contributed by atoms with Gasteiger partial charge in [-0.05, 0) is 25.8 Å². The standard InChI is InChI=1S/C5H10N2O2.C5H9NO2/c6-4(8)2-1-3-5(7)9;7-5(8)4-2-1-3-6-4/h1-3H2,(H2,6,8)(H2,7,9);4,6H,1-3H2,(H,7,8)/t;4-/m.0/s1. The van der Waals surface area contributed by atoms with Crippen molar-refractivity contribution in [3.8, 4) is 0 Å². The summed E-state index contributed by atoms with van der Waals surface area (Å²) in [5, 5.41) is 11.2. The molecule has 1 atom stereocenters. The fourth-order valence-corrected chi connectivity index (χ4v) is 1.33. The lowest BCUT2D eigenvalue weighted by Gasteiger charge is -1.99. The van der Waals surface area contributed by atoms with Gasteiger partial charge in [0.25, 0.3) is 0 Å². The van der Waals surface area contributed by atoms with E-state index in [4.69, 9.17) is 16.6 Å². The number of amides is 2. The first kappa shape index (κ1) is 15.4. The summed E-state index contributed by atoms with van der Waals surface area (Å²) >= 11 is 0. The Labute approximate surface area is 99.5 Å². The Balaban J connectivity index is 0.000000302. The smallest absolute Gasteiger partial charge is 0.320 e. The van der Waals surface area contributed by atoms with Crippen LogP contribution in [0.2, 0.25) is 0 Å². The Hall–Kier alpha value is -1.63. The molecular formula is C10H19N3O4. The summed E-state index contributed by atoms with van der Waals surface area (Å²) in [5.74, 6) is -1.50. The lowest BCUT2D eigenvalue weighted by atomic mass is 10.2. The SMILES string of the molecule is NC(=O)CCCC(N)=O.O=C(O)[C@@H]1CCCN1. The molecule has 1 heterocycles. The van der Waals surface area contributed by atoms with Crippen molar-refractivity contribution in [2.75, 3.05) is 6.54 Å². The molecule has 0 unspecified atom stereocenters. The van der Waals surface area contributed by atoms with Crippen LogP contribution in [0.5, 0.6) is 0 Å². The molecule has 6 N–H and O–H groups in total. The van der Waals surface area contributed by atoms with Gasteiger partial charge in [0.1, 0.15) is 6.04 Å². The normalized spacial score (nSPS) is 18.0. The maximum atomic E-state index is 10.1. The van der Waals surface area contributed by atoms with Crippen LogP contribution in [0.1, 0.15) is 32.1 Å². The number of hydrogen-bond donors (Lipinski definition) is 4. The fourth-order valence-electron chi connectivity index (χ4n) is 1.33. The molecule has 7 heteroatoms. The molecule has 0 spiro atoms. The number of rotatable bonds is 5. The van der Waals surface area contributed by atoms with Gasteiger partial charge in [0.15, 0.2) is 0 Å². The Kier molecular flexibility index (Phi) is 7.70. The number of nitrogens with two attached hydrogens (primary N) is 2. The van der Waals surface area contributed by atoms with E-state index >= 15 is 0 Å². The first-order valence-electron chi connectivity index (χ1n) is 5.46. The average molecular weight is 245 g/mol. The first-order chi connectivity index (χ1) is 7.93. The van der Waals surface area contributed by atoms with Gasteiger partial charge in [-0.1, -0.05) is 0 Å².